The van der Waals surface area contributed by atoms with Crippen molar-refractivity contribution in [1.29, 1.82) is 0 Å². The van der Waals surface area contributed by atoms with Crippen LogP contribution in [0.5, 0.6) is 0 Å². The van der Waals surface area contributed by atoms with Crippen molar-refractivity contribution in [2.45, 2.75) is 19.8 Å². The smallest absolute Gasteiger partial charge is 0.0177 e. The lowest BCUT2D eigenvalue weighted by atomic mass is 9.92. The fraction of sp³-hybridized carbons (Fsp3) is 0.294. The molecule has 0 aliphatic rings. The summed E-state index contributed by atoms with van der Waals surface area (Å²) in [5.74, 6) is 0.635. The van der Waals surface area contributed by atoms with Crippen LogP contribution in [0.1, 0.15) is 16.7 Å². The number of aryl methyl sites for hydroxylation is 1. The highest BCUT2D eigenvalue weighted by molar-refractivity contribution is 9.10. The highest BCUT2D eigenvalue weighted by Crippen LogP contribution is 2.21. The third-order valence-electron chi connectivity index (χ3n) is 3.40. The number of alkyl halides is 1. The van der Waals surface area contributed by atoms with E-state index in [1.54, 1.807) is 0 Å². The molecule has 0 aliphatic carbocycles. The molecular weight excluding hydrogens is 364 g/mol. The van der Waals surface area contributed by atoms with E-state index in [1.165, 1.54) is 16.7 Å². The number of benzene rings is 2. The van der Waals surface area contributed by atoms with Gasteiger partial charge in [-0.15, -0.1) is 0 Å². The van der Waals surface area contributed by atoms with Crippen LogP contribution in [0.25, 0.3) is 0 Å². The van der Waals surface area contributed by atoms with E-state index in [4.69, 9.17) is 0 Å². The molecule has 1 unspecified atom stereocenters. The first kappa shape index (κ1) is 14.8. The van der Waals surface area contributed by atoms with Crippen LogP contribution in [0.3, 0.4) is 0 Å². The molecule has 0 spiro atoms. The van der Waals surface area contributed by atoms with Gasteiger partial charge in [-0.3, -0.25) is 0 Å². The second kappa shape index (κ2) is 7.25. The Kier molecular flexibility index (Phi) is 5.65. The molecule has 0 heterocycles. The van der Waals surface area contributed by atoms with Crippen molar-refractivity contribution in [3.63, 3.8) is 0 Å². The van der Waals surface area contributed by atoms with Crippen molar-refractivity contribution < 1.29 is 0 Å². The maximum Gasteiger partial charge on any atom is 0.0177 e. The maximum atomic E-state index is 3.66. The van der Waals surface area contributed by atoms with Crippen LogP contribution < -0.4 is 0 Å². The Labute approximate surface area is 132 Å². The topological polar surface area (TPSA) is 0 Å². The van der Waals surface area contributed by atoms with Crippen LogP contribution in [-0.2, 0) is 12.8 Å². The summed E-state index contributed by atoms with van der Waals surface area (Å²) in [6, 6.07) is 17.3. The van der Waals surface area contributed by atoms with Crippen molar-refractivity contribution in [3.05, 3.63) is 69.7 Å². The summed E-state index contributed by atoms with van der Waals surface area (Å²) in [7, 11) is 0. The molecule has 0 N–H and O–H groups in total. The first-order valence-corrected chi connectivity index (χ1v) is 8.45. The van der Waals surface area contributed by atoms with Gasteiger partial charge in [0.1, 0.15) is 0 Å². The fourth-order valence-electron chi connectivity index (χ4n) is 2.33. The van der Waals surface area contributed by atoms with Gasteiger partial charge in [-0.05, 0) is 54.5 Å². The highest BCUT2D eigenvalue weighted by atomic mass is 79.9. The molecule has 2 aromatic rings. The van der Waals surface area contributed by atoms with Gasteiger partial charge in [0.2, 0.25) is 0 Å². The Balaban J connectivity index is 2.07. The lowest BCUT2D eigenvalue weighted by Gasteiger charge is -2.16. The van der Waals surface area contributed by atoms with Gasteiger partial charge in [0.25, 0.3) is 0 Å². The summed E-state index contributed by atoms with van der Waals surface area (Å²) in [5.41, 5.74) is 4.25. The zero-order chi connectivity index (χ0) is 13.7. The molecule has 0 saturated carbocycles. The molecule has 0 amide bonds. The highest BCUT2D eigenvalue weighted by Gasteiger charge is 2.11. The summed E-state index contributed by atoms with van der Waals surface area (Å²) < 4.78 is 1.16. The van der Waals surface area contributed by atoms with Crippen molar-refractivity contribution in [3.8, 4) is 0 Å². The molecule has 0 nitrogen and oxygen atoms in total. The van der Waals surface area contributed by atoms with E-state index in [0.29, 0.717) is 5.92 Å². The first-order chi connectivity index (χ1) is 9.19. The minimum Gasteiger partial charge on any atom is -0.0925 e. The molecule has 1 atom stereocenters. The molecule has 0 saturated heterocycles. The number of rotatable bonds is 5. The van der Waals surface area contributed by atoms with Gasteiger partial charge in [0.15, 0.2) is 0 Å². The Morgan fingerprint density at radius 1 is 1.00 bits per heavy atom. The van der Waals surface area contributed by atoms with E-state index in [9.17, 15) is 0 Å². The number of hydrogen-bond donors (Lipinski definition) is 0. The summed E-state index contributed by atoms with van der Waals surface area (Å²) in [6.45, 7) is 2.19. The predicted molar refractivity (Wildman–Crippen MR) is 90.0 cm³/mol. The van der Waals surface area contributed by atoms with Crippen LogP contribution in [-0.4, -0.2) is 5.33 Å². The van der Waals surface area contributed by atoms with Crippen LogP contribution in [0.2, 0.25) is 0 Å². The maximum absolute atomic E-state index is 3.66. The van der Waals surface area contributed by atoms with Gasteiger partial charge >= 0.3 is 0 Å². The second-order valence-corrected chi connectivity index (χ2v) is 6.55. The summed E-state index contributed by atoms with van der Waals surface area (Å²) in [4.78, 5) is 0. The summed E-state index contributed by atoms with van der Waals surface area (Å²) in [5, 5.41) is 1.04. The van der Waals surface area contributed by atoms with Crippen LogP contribution >= 0.6 is 31.9 Å². The van der Waals surface area contributed by atoms with Crippen molar-refractivity contribution in [2.24, 2.45) is 5.92 Å². The van der Waals surface area contributed by atoms with E-state index in [2.05, 4.69) is 87.3 Å². The van der Waals surface area contributed by atoms with E-state index in [-0.39, 0.29) is 0 Å². The molecule has 0 aliphatic heterocycles. The predicted octanol–water partition coefficient (Wildman–Crippen LogP) is 5.55. The van der Waals surface area contributed by atoms with E-state index < -0.39 is 0 Å². The van der Waals surface area contributed by atoms with Gasteiger partial charge < -0.3 is 0 Å². The molecule has 100 valence electrons. The van der Waals surface area contributed by atoms with Gasteiger partial charge in [-0.2, -0.15) is 0 Å². The lowest BCUT2D eigenvalue weighted by molar-refractivity contribution is 0.589. The Hall–Kier alpha value is -0.600. The molecular formula is C17H18Br2. The average molecular weight is 382 g/mol. The number of hydrogen-bond acceptors (Lipinski definition) is 0. The summed E-state index contributed by atoms with van der Waals surface area (Å²) in [6.07, 6.45) is 2.24. The van der Waals surface area contributed by atoms with E-state index >= 15 is 0 Å². The molecule has 0 bridgehead atoms. The quantitative estimate of drug-likeness (QED) is 0.595. The fourth-order valence-corrected chi connectivity index (χ4v) is 3.23. The third-order valence-corrected chi connectivity index (χ3v) is 4.81. The monoisotopic (exact) mass is 380 g/mol. The molecule has 2 rings (SSSR count). The first-order valence-electron chi connectivity index (χ1n) is 6.54. The molecule has 19 heavy (non-hydrogen) atoms. The van der Waals surface area contributed by atoms with E-state index in [1.807, 2.05) is 0 Å². The van der Waals surface area contributed by atoms with Gasteiger partial charge in [-0.25, -0.2) is 0 Å². The van der Waals surface area contributed by atoms with Crippen molar-refractivity contribution >= 4 is 31.9 Å². The van der Waals surface area contributed by atoms with Crippen LogP contribution in [0, 0.1) is 12.8 Å². The van der Waals surface area contributed by atoms with Crippen LogP contribution in [0.15, 0.2) is 53.0 Å². The SMILES string of the molecule is Cc1ccccc1CC(CBr)Cc1cccc(Br)c1. The average Bonchev–Trinajstić information content (AvgIpc) is 2.40. The summed E-state index contributed by atoms with van der Waals surface area (Å²) >= 11 is 7.20. The van der Waals surface area contributed by atoms with Crippen molar-refractivity contribution in [1.82, 2.24) is 0 Å². The lowest BCUT2D eigenvalue weighted by Crippen LogP contribution is -2.10. The third kappa shape index (κ3) is 4.47. The zero-order valence-corrected chi connectivity index (χ0v) is 14.2. The van der Waals surface area contributed by atoms with Gasteiger partial charge in [0.05, 0.1) is 0 Å². The molecule has 0 radical (unpaired) electrons. The molecule has 2 aromatic carbocycles. The number of halogens is 2. The van der Waals surface area contributed by atoms with Gasteiger partial charge in [-0.1, -0.05) is 68.3 Å². The standard InChI is InChI=1S/C17H18Br2/c1-13-5-2-3-7-16(13)10-15(12-18)9-14-6-4-8-17(19)11-14/h2-8,11,15H,9-10,12H2,1H3. The second-order valence-electron chi connectivity index (χ2n) is 4.98. The minimum absolute atomic E-state index is 0.635. The Morgan fingerprint density at radius 3 is 2.47 bits per heavy atom. The van der Waals surface area contributed by atoms with E-state index in [0.717, 1.165) is 22.6 Å². The largest absolute Gasteiger partial charge is 0.0925 e. The van der Waals surface area contributed by atoms with Gasteiger partial charge in [0, 0.05) is 9.80 Å². The minimum atomic E-state index is 0.635. The molecule has 2 heteroatoms. The Bertz CT molecular complexity index is 534. The van der Waals surface area contributed by atoms with Crippen molar-refractivity contribution in [2.75, 3.05) is 5.33 Å². The molecule has 0 fully saturated rings. The normalized spacial score (nSPS) is 12.4. The van der Waals surface area contributed by atoms with Crippen LogP contribution in [0.4, 0.5) is 0 Å². The zero-order valence-electron chi connectivity index (χ0n) is 11.1. The Morgan fingerprint density at radius 2 is 1.79 bits per heavy atom. The molecule has 0 aromatic heterocycles.